The first-order valence-corrected chi connectivity index (χ1v) is 9.55. The van der Waals surface area contributed by atoms with Crippen molar-refractivity contribution >= 4 is 22.2 Å². The van der Waals surface area contributed by atoms with Gasteiger partial charge in [0.25, 0.3) is 5.91 Å². The smallest absolute Gasteiger partial charge is 0.256 e. The van der Waals surface area contributed by atoms with Gasteiger partial charge in [0.15, 0.2) is 0 Å². The monoisotopic (exact) mass is 381 g/mol. The fourth-order valence-corrected chi connectivity index (χ4v) is 3.27. The molecule has 2 heterocycles. The van der Waals surface area contributed by atoms with Crippen molar-refractivity contribution in [3.8, 4) is 10.6 Å². The van der Waals surface area contributed by atoms with E-state index in [4.69, 9.17) is 0 Å². The molecule has 0 atom stereocenters. The SMILES string of the molecule is CN(C)CCNCc1ccc(C(=O)Nc2cnc(-c3ccncc3)s2)cc1. The van der Waals surface area contributed by atoms with E-state index >= 15 is 0 Å². The van der Waals surface area contributed by atoms with Gasteiger partial charge in [0.2, 0.25) is 0 Å². The molecule has 7 heteroatoms. The molecule has 27 heavy (non-hydrogen) atoms. The molecule has 2 N–H and O–H groups in total. The summed E-state index contributed by atoms with van der Waals surface area (Å²) >= 11 is 1.44. The van der Waals surface area contributed by atoms with Crippen LogP contribution in [-0.2, 0) is 6.54 Å². The average molecular weight is 382 g/mol. The van der Waals surface area contributed by atoms with Crippen LogP contribution < -0.4 is 10.6 Å². The summed E-state index contributed by atoms with van der Waals surface area (Å²) in [5.41, 5.74) is 2.77. The molecule has 0 saturated heterocycles. The van der Waals surface area contributed by atoms with E-state index in [2.05, 4.69) is 39.6 Å². The number of rotatable bonds is 8. The van der Waals surface area contributed by atoms with Gasteiger partial charge in [-0.05, 0) is 43.9 Å². The summed E-state index contributed by atoms with van der Waals surface area (Å²) in [6.07, 6.45) is 5.14. The van der Waals surface area contributed by atoms with Crippen molar-refractivity contribution in [2.24, 2.45) is 0 Å². The molecule has 0 bridgehead atoms. The van der Waals surface area contributed by atoms with Crippen LogP contribution in [0.3, 0.4) is 0 Å². The molecule has 6 nitrogen and oxygen atoms in total. The summed E-state index contributed by atoms with van der Waals surface area (Å²) in [5.74, 6) is -0.132. The Bertz CT molecular complexity index is 862. The van der Waals surface area contributed by atoms with Crippen LogP contribution in [0.2, 0.25) is 0 Å². The van der Waals surface area contributed by atoms with Crippen molar-refractivity contribution in [3.63, 3.8) is 0 Å². The molecule has 0 saturated carbocycles. The van der Waals surface area contributed by atoms with Crippen LogP contribution in [0.4, 0.5) is 5.00 Å². The number of benzene rings is 1. The Morgan fingerprint density at radius 1 is 1.11 bits per heavy atom. The molecule has 0 fully saturated rings. The van der Waals surface area contributed by atoms with Crippen LogP contribution in [0.15, 0.2) is 55.0 Å². The number of amides is 1. The zero-order valence-corrected chi connectivity index (χ0v) is 16.3. The molecule has 0 unspecified atom stereocenters. The molecule has 0 radical (unpaired) electrons. The maximum absolute atomic E-state index is 12.4. The van der Waals surface area contributed by atoms with E-state index < -0.39 is 0 Å². The summed E-state index contributed by atoms with van der Waals surface area (Å²) in [5, 5.41) is 7.88. The molecule has 1 aromatic carbocycles. The molecule has 2 aromatic heterocycles. The summed E-state index contributed by atoms with van der Waals surface area (Å²) in [4.78, 5) is 23.0. The van der Waals surface area contributed by atoms with Gasteiger partial charge in [-0.25, -0.2) is 4.98 Å². The third-order valence-electron chi connectivity index (χ3n) is 3.95. The molecule has 0 aliphatic rings. The molecule has 140 valence electrons. The van der Waals surface area contributed by atoms with E-state index in [0.717, 1.165) is 40.8 Å². The first kappa shape index (κ1) is 19.2. The summed E-state index contributed by atoms with van der Waals surface area (Å²) < 4.78 is 0. The lowest BCUT2D eigenvalue weighted by atomic mass is 10.1. The number of thiazole rings is 1. The highest BCUT2D eigenvalue weighted by atomic mass is 32.1. The molecule has 0 spiro atoms. The van der Waals surface area contributed by atoms with Gasteiger partial charge in [-0.3, -0.25) is 9.78 Å². The van der Waals surface area contributed by atoms with Crippen LogP contribution >= 0.6 is 11.3 Å². The second-order valence-electron chi connectivity index (χ2n) is 6.40. The number of hydrogen-bond acceptors (Lipinski definition) is 6. The Hall–Kier alpha value is -2.61. The zero-order chi connectivity index (χ0) is 19.1. The standard InChI is InChI=1S/C20H23N5OS/c1-25(2)12-11-22-13-15-3-5-16(6-4-15)19(26)24-18-14-23-20(27-18)17-7-9-21-10-8-17/h3-10,14,22H,11-13H2,1-2H3,(H,24,26). The molecular formula is C20H23N5OS. The Morgan fingerprint density at radius 3 is 2.56 bits per heavy atom. The Morgan fingerprint density at radius 2 is 1.85 bits per heavy atom. The highest BCUT2D eigenvalue weighted by molar-refractivity contribution is 7.19. The van der Waals surface area contributed by atoms with Crippen LogP contribution in [0.25, 0.3) is 10.6 Å². The molecule has 1 amide bonds. The summed E-state index contributed by atoms with van der Waals surface area (Å²) in [6, 6.07) is 11.5. The van der Waals surface area contributed by atoms with E-state index in [1.807, 2.05) is 36.4 Å². The first-order chi connectivity index (χ1) is 13.1. The third-order valence-corrected chi connectivity index (χ3v) is 4.91. The number of nitrogens with one attached hydrogen (secondary N) is 2. The van der Waals surface area contributed by atoms with Crippen molar-refractivity contribution in [1.82, 2.24) is 20.2 Å². The minimum absolute atomic E-state index is 0.132. The number of carbonyl (C=O) groups excluding carboxylic acids is 1. The highest BCUT2D eigenvalue weighted by Crippen LogP contribution is 2.28. The molecular weight excluding hydrogens is 358 g/mol. The van der Waals surface area contributed by atoms with Crippen molar-refractivity contribution in [2.45, 2.75) is 6.54 Å². The normalized spacial score (nSPS) is 10.9. The summed E-state index contributed by atoms with van der Waals surface area (Å²) in [7, 11) is 4.11. The number of anilines is 1. The van der Waals surface area contributed by atoms with Gasteiger partial charge in [-0.15, -0.1) is 0 Å². The maximum Gasteiger partial charge on any atom is 0.256 e. The van der Waals surface area contributed by atoms with E-state index in [1.54, 1.807) is 18.6 Å². The lowest BCUT2D eigenvalue weighted by molar-refractivity contribution is 0.102. The van der Waals surface area contributed by atoms with Gasteiger partial charge in [0, 0.05) is 43.2 Å². The number of nitrogens with zero attached hydrogens (tertiary/aromatic N) is 3. The van der Waals surface area contributed by atoms with E-state index in [-0.39, 0.29) is 5.91 Å². The van der Waals surface area contributed by atoms with E-state index in [9.17, 15) is 4.79 Å². The predicted octanol–water partition coefficient (Wildman–Crippen LogP) is 3.11. The second-order valence-corrected chi connectivity index (χ2v) is 7.43. The van der Waals surface area contributed by atoms with Gasteiger partial charge in [-0.2, -0.15) is 0 Å². The van der Waals surface area contributed by atoms with Crippen molar-refractivity contribution in [2.75, 3.05) is 32.5 Å². The van der Waals surface area contributed by atoms with Crippen LogP contribution in [-0.4, -0.2) is 48.0 Å². The van der Waals surface area contributed by atoms with Crippen molar-refractivity contribution in [3.05, 3.63) is 66.1 Å². The van der Waals surface area contributed by atoms with E-state index in [0.29, 0.717) is 5.56 Å². The highest BCUT2D eigenvalue weighted by Gasteiger charge is 2.10. The Labute approximate surface area is 163 Å². The van der Waals surface area contributed by atoms with E-state index in [1.165, 1.54) is 11.3 Å². The lowest BCUT2D eigenvalue weighted by Gasteiger charge is -2.10. The van der Waals surface area contributed by atoms with Gasteiger partial charge in [0.1, 0.15) is 10.0 Å². The van der Waals surface area contributed by atoms with Crippen LogP contribution in [0, 0.1) is 0 Å². The second kappa shape index (κ2) is 9.36. The Balaban J connectivity index is 1.54. The average Bonchev–Trinajstić information content (AvgIpc) is 3.15. The third kappa shape index (κ3) is 5.68. The number of hydrogen-bond donors (Lipinski definition) is 2. The molecule has 0 aliphatic carbocycles. The molecule has 3 rings (SSSR count). The van der Waals surface area contributed by atoms with Gasteiger partial charge in [-0.1, -0.05) is 23.5 Å². The quantitative estimate of drug-likeness (QED) is 0.587. The molecule has 3 aromatic rings. The molecule has 0 aliphatic heterocycles. The number of likely N-dealkylation sites (N-methyl/N-ethyl adjacent to an activating group) is 1. The summed E-state index contributed by atoms with van der Waals surface area (Å²) in [6.45, 7) is 2.72. The predicted molar refractivity (Wildman–Crippen MR) is 110 cm³/mol. The van der Waals surface area contributed by atoms with Gasteiger partial charge < -0.3 is 15.5 Å². The van der Waals surface area contributed by atoms with Crippen LogP contribution in [0.5, 0.6) is 0 Å². The number of aromatic nitrogens is 2. The minimum Gasteiger partial charge on any atom is -0.312 e. The zero-order valence-electron chi connectivity index (χ0n) is 15.5. The number of pyridine rings is 1. The van der Waals surface area contributed by atoms with Crippen molar-refractivity contribution < 1.29 is 4.79 Å². The number of carbonyl (C=O) groups is 1. The fraction of sp³-hybridized carbons (Fsp3) is 0.250. The van der Waals surface area contributed by atoms with Crippen molar-refractivity contribution in [1.29, 1.82) is 0 Å². The topological polar surface area (TPSA) is 70.2 Å². The minimum atomic E-state index is -0.132. The Kier molecular flexibility index (Phi) is 6.64. The van der Waals surface area contributed by atoms with Gasteiger partial charge in [0.05, 0.1) is 6.20 Å². The maximum atomic E-state index is 12.4. The van der Waals surface area contributed by atoms with Crippen LogP contribution in [0.1, 0.15) is 15.9 Å². The first-order valence-electron chi connectivity index (χ1n) is 8.74. The fourth-order valence-electron chi connectivity index (χ4n) is 2.45. The lowest BCUT2D eigenvalue weighted by Crippen LogP contribution is -2.26. The largest absolute Gasteiger partial charge is 0.312 e. The van der Waals surface area contributed by atoms with Gasteiger partial charge >= 0.3 is 0 Å².